The molecule has 1 rings (SSSR count). The maximum Gasteiger partial charge on any atom is 0.254 e. The molecule has 0 fully saturated rings. The average Bonchev–Trinajstić information content (AvgIpc) is 2.32. The monoisotopic (exact) mass is 237 g/mol. The number of pyridine rings is 1. The van der Waals surface area contributed by atoms with Crippen LogP contribution in [0, 0.1) is 6.92 Å². The van der Waals surface area contributed by atoms with Gasteiger partial charge in [-0.3, -0.25) is 9.59 Å². The van der Waals surface area contributed by atoms with Crippen LogP contribution in [0.3, 0.4) is 0 Å². The minimum atomic E-state index is -0.464. The number of nitrogens with one attached hydrogen (secondary N) is 1. The molecular weight excluding hydrogens is 218 g/mol. The normalized spacial score (nSPS) is 12.2. The molecule has 5 nitrogen and oxygen atoms in total. The minimum absolute atomic E-state index is 0.123. The second-order valence-electron chi connectivity index (χ2n) is 3.91. The van der Waals surface area contributed by atoms with E-state index in [1.54, 1.807) is 25.3 Å². The van der Waals surface area contributed by atoms with Crippen LogP contribution in [0.2, 0.25) is 0 Å². The van der Waals surface area contributed by atoms with Gasteiger partial charge in [0.2, 0.25) is 5.91 Å². The Morgan fingerprint density at radius 2 is 2.29 bits per heavy atom. The van der Waals surface area contributed by atoms with Crippen molar-refractivity contribution in [1.82, 2.24) is 9.88 Å². The molecule has 3 N–H and O–H groups in total. The molecule has 0 bridgehead atoms. The molecule has 94 valence electrons. The van der Waals surface area contributed by atoms with E-state index in [2.05, 4.69) is 5.32 Å². The smallest absolute Gasteiger partial charge is 0.254 e. The first-order valence-corrected chi connectivity index (χ1v) is 5.77. The largest absolute Gasteiger partial charge is 0.353 e. The molecular formula is C12H19N3O2. The Labute approximate surface area is 101 Å². The molecule has 0 aliphatic rings. The third kappa shape index (κ3) is 3.17. The van der Waals surface area contributed by atoms with Gasteiger partial charge in [0.15, 0.2) is 0 Å². The van der Waals surface area contributed by atoms with E-state index in [0.29, 0.717) is 25.1 Å². The van der Waals surface area contributed by atoms with Crippen LogP contribution >= 0.6 is 0 Å². The lowest BCUT2D eigenvalue weighted by molar-refractivity contribution is -0.124. The molecule has 0 spiro atoms. The highest BCUT2D eigenvalue weighted by molar-refractivity contribution is 5.80. The summed E-state index contributed by atoms with van der Waals surface area (Å²) in [6.07, 6.45) is 2.21. The zero-order valence-corrected chi connectivity index (χ0v) is 10.3. The summed E-state index contributed by atoms with van der Waals surface area (Å²) in [5, 5.41) is 2.70. The summed E-state index contributed by atoms with van der Waals surface area (Å²) in [5.41, 5.74) is 5.84. The van der Waals surface area contributed by atoms with Crippen LogP contribution in [0.4, 0.5) is 0 Å². The van der Waals surface area contributed by atoms with Crippen molar-refractivity contribution < 1.29 is 4.79 Å². The van der Waals surface area contributed by atoms with Crippen LogP contribution in [-0.2, 0) is 4.79 Å². The van der Waals surface area contributed by atoms with E-state index >= 15 is 0 Å². The van der Waals surface area contributed by atoms with E-state index in [1.807, 2.05) is 6.92 Å². The van der Waals surface area contributed by atoms with Gasteiger partial charge in [-0.25, -0.2) is 0 Å². The third-order valence-corrected chi connectivity index (χ3v) is 2.63. The molecule has 1 aromatic rings. The number of hydrogen-bond donors (Lipinski definition) is 2. The third-order valence-electron chi connectivity index (χ3n) is 2.63. The van der Waals surface area contributed by atoms with E-state index in [1.165, 1.54) is 4.57 Å². The highest BCUT2D eigenvalue weighted by atomic mass is 16.2. The van der Waals surface area contributed by atoms with Crippen molar-refractivity contribution in [2.24, 2.45) is 5.73 Å². The van der Waals surface area contributed by atoms with E-state index < -0.39 is 6.04 Å². The van der Waals surface area contributed by atoms with Gasteiger partial charge in [0.1, 0.15) is 6.04 Å². The predicted molar refractivity (Wildman–Crippen MR) is 66.8 cm³/mol. The SMILES string of the molecule is CCC(C(=O)NCCN)n1cccc(C)c1=O. The number of hydrogen-bond acceptors (Lipinski definition) is 3. The summed E-state index contributed by atoms with van der Waals surface area (Å²) in [4.78, 5) is 23.8. The van der Waals surface area contributed by atoms with Crippen molar-refractivity contribution in [3.63, 3.8) is 0 Å². The van der Waals surface area contributed by atoms with Gasteiger partial charge in [-0.15, -0.1) is 0 Å². The van der Waals surface area contributed by atoms with E-state index in [-0.39, 0.29) is 11.5 Å². The summed E-state index contributed by atoms with van der Waals surface area (Å²) >= 11 is 0. The zero-order valence-electron chi connectivity index (χ0n) is 10.3. The fourth-order valence-electron chi connectivity index (χ4n) is 1.69. The van der Waals surface area contributed by atoms with Crippen LogP contribution in [0.1, 0.15) is 24.9 Å². The van der Waals surface area contributed by atoms with Crippen LogP contribution < -0.4 is 16.6 Å². The number of carbonyl (C=O) groups excluding carboxylic acids is 1. The summed E-state index contributed by atoms with van der Waals surface area (Å²) < 4.78 is 1.47. The van der Waals surface area contributed by atoms with Gasteiger partial charge < -0.3 is 15.6 Å². The Balaban J connectivity index is 2.97. The Morgan fingerprint density at radius 3 is 2.88 bits per heavy atom. The molecule has 0 aromatic carbocycles. The van der Waals surface area contributed by atoms with Crippen molar-refractivity contribution >= 4 is 5.91 Å². The van der Waals surface area contributed by atoms with Gasteiger partial charge in [-0.2, -0.15) is 0 Å². The maximum atomic E-state index is 11.9. The molecule has 0 saturated heterocycles. The van der Waals surface area contributed by atoms with E-state index in [0.717, 1.165) is 0 Å². The molecule has 1 aromatic heterocycles. The molecule has 5 heteroatoms. The van der Waals surface area contributed by atoms with Gasteiger partial charge in [0, 0.05) is 24.8 Å². The lowest BCUT2D eigenvalue weighted by Gasteiger charge is -2.17. The standard InChI is InChI=1S/C12H19N3O2/c1-3-10(11(16)14-7-6-13)15-8-4-5-9(2)12(15)17/h4-5,8,10H,3,6-7,13H2,1-2H3,(H,14,16). The van der Waals surface area contributed by atoms with E-state index in [9.17, 15) is 9.59 Å². The van der Waals surface area contributed by atoms with Crippen LogP contribution in [0.15, 0.2) is 23.1 Å². The molecule has 1 amide bonds. The van der Waals surface area contributed by atoms with Gasteiger partial charge in [0.25, 0.3) is 5.56 Å². The maximum absolute atomic E-state index is 11.9. The van der Waals surface area contributed by atoms with Gasteiger partial charge in [0.05, 0.1) is 0 Å². The Hall–Kier alpha value is -1.62. The zero-order chi connectivity index (χ0) is 12.8. The van der Waals surface area contributed by atoms with Crippen molar-refractivity contribution in [3.8, 4) is 0 Å². The summed E-state index contributed by atoms with van der Waals surface area (Å²) in [6, 6.07) is 3.05. The van der Waals surface area contributed by atoms with Gasteiger partial charge in [-0.1, -0.05) is 13.0 Å². The van der Waals surface area contributed by atoms with Crippen LogP contribution in [0.25, 0.3) is 0 Å². The van der Waals surface area contributed by atoms with Crippen molar-refractivity contribution in [3.05, 3.63) is 34.2 Å². The number of aryl methyl sites for hydroxylation is 1. The minimum Gasteiger partial charge on any atom is -0.353 e. The van der Waals surface area contributed by atoms with Crippen molar-refractivity contribution in [1.29, 1.82) is 0 Å². The summed E-state index contributed by atoms with van der Waals surface area (Å²) in [6.45, 7) is 4.44. The lowest BCUT2D eigenvalue weighted by atomic mass is 10.2. The Kier molecular flexibility index (Phi) is 4.90. The van der Waals surface area contributed by atoms with Gasteiger partial charge >= 0.3 is 0 Å². The molecule has 1 unspecified atom stereocenters. The highest BCUT2D eigenvalue weighted by Crippen LogP contribution is 2.08. The number of aromatic nitrogens is 1. The number of nitrogens with zero attached hydrogens (tertiary/aromatic N) is 1. The van der Waals surface area contributed by atoms with Crippen molar-refractivity contribution in [2.45, 2.75) is 26.3 Å². The molecule has 1 heterocycles. The number of amides is 1. The fourth-order valence-corrected chi connectivity index (χ4v) is 1.69. The molecule has 0 saturated carbocycles. The highest BCUT2D eigenvalue weighted by Gasteiger charge is 2.18. The summed E-state index contributed by atoms with van der Waals surface area (Å²) in [7, 11) is 0. The molecule has 17 heavy (non-hydrogen) atoms. The Bertz CT molecular complexity index is 440. The first kappa shape index (κ1) is 13.4. The fraction of sp³-hybridized carbons (Fsp3) is 0.500. The van der Waals surface area contributed by atoms with Gasteiger partial charge in [-0.05, 0) is 19.4 Å². The van der Waals surface area contributed by atoms with Crippen LogP contribution in [0.5, 0.6) is 0 Å². The second kappa shape index (κ2) is 6.20. The number of nitrogens with two attached hydrogens (primary N) is 1. The number of rotatable bonds is 5. The first-order chi connectivity index (χ1) is 8.11. The van der Waals surface area contributed by atoms with Crippen molar-refractivity contribution in [2.75, 3.05) is 13.1 Å². The lowest BCUT2D eigenvalue weighted by Crippen LogP contribution is -2.39. The van der Waals surface area contributed by atoms with E-state index in [4.69, 9.17) is 5.73 Å². The first-order valence-electron chi connectivity index (χ1n) is 5.77. The predicted octanol–water partition coefficient (Wildman–Crippen LogP) is 0.183. The number of carbonyl (C=O) groups is 1. The molecule has 0 aliphatic heterocycles. The topological polar surface area (TPSA) is 77.1 Å². The molecule has 1 atom stereocenters. The molecule has 0 aliphatic carbocycles. The average molecular weight is 237 g/mol. The quantitative estimate of drug-likeness (QED) is 0.767. The second-order valence-corrected chi connectivity index (χ2v) is 3.91. The van der Waals surface area contributed by atoms with Crippen LogP contribution in [-0.4, -0.2) is 23.6 Å². The summed E-state index contributed by atoms with van der Waals surface area (Å²) in [5.74, 6) is -0.161. The Morgan fingerprint density at radius 1 is 1.59 bits per heavy atom. The molecule has 0 radical (unpaired) electrons.